The van der Waals surface area contributed by atoms with E-state index in [0.717, 1.165) is 0 Å². The largest absolute Gasteiger partial charge is 0.480 e. The maximum absolute atomic E-state index is 12.4. The molecule has 5 heteroatoms. The minimum absolute atomic E-state index is 0.00579. The van der Waals surface area contributed by atoms with Crippen LogP contribution in [0.25, 0.3) is 0 Å². The van der Waals surface area contributed by atoms with Gasteiger partial charge in [0, 0.05) is 0 Å². The number of carboxylic acid groups (broad SMARTS) is 1. The molecule has 0 aliphatic rings. The predicted molar refractivity (Wildman–Crippen MR) is 70.4 cm³/mol. The zero-order chi connectivity index (χ0) is 13.9. The normalized spacial score (nSPS) is 12.8. The lowest BCUT2D eigenvalue weighted by molar-refractivity contribution is -0.136. The standard InChI is InChI=1S/C14H12O4S/c15-14(16)13(11-7-3-1-4-8-11)19(17,18)12-9-5-2-6-10-12/h1-10,13H,(H,15,16)/t13-/m1/s1. The summed E-state index contributed by atoms with van der Waals surface area (Å²) in [5, 5.41) is 7.66. The third kappa shape index (κ3) is 2.66. The van der Waals surface area contributed by atoms with Crippen molar-refractivity contribution in [2.24, 2.45) is 0 Å². The maximum Gasteiger partial charge on any atom is 0.326 e. The third-order valence-electron chi connectivity index (χ3n) is 2.71. The second kappa shape index (κ2) is 5.24. The molecule has 0 aliphatic carbocycles. The number of carboxylic acids is 1. The fraction of sp³-hybridized carbons (Fsp3) is 0.0714. The summed E-state index contributed by atoms with van der Waals surface area (Å²) in [4.78, 5) is 11.3. The molecule has 19 heavy (non-hydrogen) atoms. The Morgan fingerprint density at radius 1 is 0.895 bits per heavy atom. The van der Waals surface area contributed by atoms with Crippen molar-refractivity contribution in [3.63, 3.8) is 0 Å². The van der Waals surface area contributed by atoms with Crippen molar-refractivity contribution in [2.45, 2.75) is 10.1 Å². The maximum atomic E-state index is 12.4. The van der Waals surface area contributed by atoms with Crippen LogP contribution < -0.4 is 0 Å². The second-order valence-corrected chi connectivity index (χ2v) is 6.02. The third-order valence-corrected chi connectivity index (χ3v) is 4.73. The topological polar surface area (TPSA) is 71.4 Å². The molecule has 4 nitrogen and oxygen atoms in total. The zero-order valence-corrected chi connectivity index (χ0v) is 10.7. The molecular formula is C14H12O4S. The van der Waals surface area contributed by atoms with E-state index >= 15 is 0 Å². The zero-order valence-electron chi connectivity index (χ0n) is 9.93. The highest BCUT2D eigenvalue weighted by molar-refractivity contribution is 7.92. The molecule has 0 spiro atoms. The Kier molecular flexibility index (Phi) is 3.66. The van der Waals surface area contributed by atoms with Crippen molar-refractivity contribution >= 4 is 15.8 Å². The molecule has 0 aromatic heterocycles. The smallest absolute Gasteiger partial charge is 0.326 e. The lowest BCUT2D eigenvalue weighted by Gasteiger charge is -2.13. The molecule has 0 unspecified atom stereocenters. The molecule has 2 aromatic rings. The molecule has 0 aliphatic heterocycles. The number of rotatable bonds is 4. The summed E-state index contributed by atoms with van der Waals surface area (Å²) in [6, 6.07) is 15.5. The van der Waals surface area contributed by atoms with E-state index in [1.165, 1.54) is 24.3 Å². The predicted octanol–water partition coefficient (Wildman–Crippen LogP) is 2.29. The number of carbonyl (C=O) groups is 1. The van der Waals surface area contributed by atoms with Gasteiger partial charge < -0.3 is 5.11 Å². The van der Waals surface area contributed by atoms with Crippen molar-refractivity contribution in [1.29, 1.82) is 0 Å². The van der Waals surface area contributed by atoms with Crippen LogP contribution in [0.2, 0.25) is 0 Å². The molecule has 0 fully saturated rings. The van der Waals surface area contributed by atoms with Gasteiger partial charge in [-0.25, -0.2) is 8.42 Å². The number of aliphatic carboxylic acids is 1. The van der Waals surface area contributed by atoms with Crippen LogP contribution in [-0.4, -0.2) is 19.5 Å². The van der Waals surface area contributed by atoms with Crippen molar-refractivity contribution in [3.8, 4) is 0 Å². The molecule has 0 radical (unpaired) electrons. The van der Waals surface area contributed by atoms with Crippen molar-refractivity contribution < 1.29 is 18.3 Å². The monoisotopic (exact) mass is 276 g/mol. The van der Waals surface area contributed by atoms with E-state index in [0.29, 0.717) is 0 Å². The minimum atomic E-state index is -3.95. The Bertz CT molecular complexity index is 663. The average Bonchev–Trinajstić information content (AvgIpc) is 2.40. The summed E-state index contributed by atoms with van der Waals surface area (Å²) in [5.41, 5.74) is 0.249. The van der Waals surface area contributed by atoms with Crippen LogP contribution in [-0.2, 0) is 14.6 Å². The summed E-state index contributed by atoms with van der Waals surface area (Å²) in [6.07, 6.45) is 0. The first kappa shape index (κ1) is 13.3. The molecule has 0 heterocycles. The van der Waals surface area contributed by atoms with E-state index in [-0.39, 0.29) is 10.5 Å². The van der Waals surface area contributed by atoms with E-state index in [4.69, 9.17) is 0 Å². The summed E-state index contributed by atoms with van der Waals surface area (Å²) in [5.74, 6) is -1.38. The molecular weight excluding hydrogens is 264 g/mol. The van der Waals surface area contributed by atoms with Crippen LogP contribution in [0.1, 0.15) is 10.8 Å². The molecule has 0 saturated heterocycles. The fourth-order valence-electron chi connectivity index (χ4n) is 1.83. The van der Waals surface area contributed by atoms with E-state index in [1.807, 2.05) is 0 Å². The molecule has 2 rings (SSSR count). The number of hydrogen-bond acceptors (Lipinski definition) is 3. The van der Waals surface area contributed by atoms with E-state index < -0.39 is 21.1 Å². The second-order valence-electron chi connectivity index (χ2n) is 3.99. The Morgan fingerprint density at radius 3 is 1.84 bits per heavy atom. The molecule has 0 amide bonds. The van der Waals surface area contributed by atoms with Gasteiger partial charge in [-0.1, -0.05) is 48.5 Å². The van der Waals surface area contributed by atoms with Gasteiger partial charge in [-0.3, -0.25) is 4.79 Å². The highest BCUT2D eigenvalue weighted by Crippen LogP contribution is 2.28. The van der Waals surface area contributed by atoms with Crippen molar-refractivity contribution in [3.05, 3.63) is 66.2 Å². The van der Waals surface area contributed by atoms with Gasteiger partial charge in [-0.2, -0.15) is 0 Å². The summed E-state index contributed by atoms with van der Waals surface area (Å²) >= 11 is 0. The van der Waals surface area contributed by atoms with Gasteiger partial charge in [0.2, 0.25) is 0 Å². The number of hydrogen-bond donors (Lipinski definition) is 1. The SMILES string of the molecule is O=C(O)[C@@H](c1ccccc1)S(=O)(=O)c1ccccc1. The molecule has 1 atom stereocenters. The van der Waals surface area contributed by atoms with Gasteiger partial charge >= 0.3 is 5.97 Å². The van der Waals surface area contributed by atoms with Crippen LogP contribution in [0.3, 0.4) is 0 Å². The van der Waals surface area contributed by atoms with Gasteiger partial charge in [0.1, 0.15) is 0 Å². The van der Waals surface area contributed by atoms with Crippen LogP contribution in [0.4, 0.5) is 0 Å². The Morgan fingerprint density at radius 2 is 1.37 bits per heavy atom. The highest BCUT2D eigenvalue weighted by Gasteiger charge is 2.35. The molecule has 1 N–H and O–H groups in total. The lowest BCUT2D eigenvalue weighted by atomic mass is 10.1. The van der Waals surface area contributed by atoms with Crippen molar-refractivity contribution in [1.82, 2.24) is 0 Å². The molecule has 0 bridgehead atoms. The molecule has 2 aromatic carbocycles. The number of sulfone groups is 1. The van der Waals surface area contributed by atoms with Crippen molar-refractivity contribution in [2.75, 3.05) is 0 Å². The molecule has 98 valence electrons. The van der Waals surface area contributed by atoms with Gasteiger partial charge in [0.05, 0.1) is 4.90 Å². The van der Waals surface area contributed by atoms with E-state index in [9.17, 15) is 18.3 Å². The Labute approximate surface area is 111 Å². The first-order valence-corrected chi connectivity index (χ1v) is 7.15. The molecule has 0 saturated carbocycles. The van der Waals surface area contributed by atoms with Gasteiger partial charge in [0.25, 0.3) is 0 Å². The Hall–Kier alpha value is -2.14. The van der Waals surface area contributed by atoms with Gasteiger partial charge in [-0.05, 0) is 17.7 Å². The van der Waals surface area contributed by atoms with Crippen LogP contribution in [0, 0.1) is 0 Å². The number of benzene rings is 2. The quantitative estimate of drug-likeness (QED) is 0.930. The van der Waals surface area contributed by atoms with E-state index in [1.54, 1.807) is 36.4 Å². The summed E-state index contributed by atoms with van der Waals surface area (Å²) in [7, 11) is -3.95. The fourth-order valence-corrected chi connectivity index (χ4v) is 3.42. The van der Waals surface area contributed by atoms with Crippen LogP contribution in [0.15, 0.2) is 65.6 Å². The first-order valence-electron chi connectivity index (χ1n) is 5.60. The highest BCUT2D eigenvalue weighted by atomic mass is 32.2. The average molecular weight is 276 g/mol. The van der Waals surface area contributed by atoms with Crippen LogP contribution in [0.5, 0.6) is 0 Å². The summed E-state index contributed by atoms with van der Waals surface area (Å²) < 4.78 is 24.8. The minimum Gasteiger partial charge on any atom is -0.480 e. The Balaban J connectivity index is 2.55. The van der Waals surface area contributed by atoms with Gasteiger partial charge in [0.15, 0.2) is 15.1 Å². The van der Waals surface area contributed by atoms with Gasteiger partial charge in [-0.15, -0.1) is 0 Å². The van der Waals surface area contributed by atoms with E-state index in [2.05, 4.69) is 0 Å². The lowest BCUT2D eigenvalue weighted by Crippen LogP contribution is -2.22. The van der Waals surface area contributed by atoms with Crippen LogP contribution >= 0.6 is 0 Å². The first-order chi connectivity index (χ1) is 9.03. The summed E-state index contributed by atoms with van der Waals surface area (Å²) in [6.45, 7) is 0.